The van der Waals surface area contributed by atoms with Gasteiger partial charge in [-0.05, 0) is 50.0 Å². The van der Waals surface area contributed by atoms with Crippen molar-refractivity contribution >= 4 is 5.96 Å². The predicted molar refractivity (Wildman–Crippen MR) is 98.4 cm³/mol. The van der Waals surface area contributed by atoms with Gasteiger partial charge in [0.2, 0.25) is 0 Å². The van der Waals surface area contributed by atoms with Crippen LogP contribution in [0.2, 0.25) is 0 Å². The molecule has 0 aromatic heterocycles. The molecule has 2 heterocycles. The molecule has 5 nitrogen and oxygen atoms in total. The van der Waals surface area contributed by atoms with Crippen molar-refractivity contribution in [2.24, 2.45) is 16.6 Å². The number of ether oxygens (including phenoxy) is 1. The van der Waals surface area contributed by atoms with E-state index in [1.807, 2.05) is 11.9 Å². The summed E-state index contributed by atoms with van der Waals surface area (Å²) >= 11 is 0. The highest BCUT2D eigenvalue weighted by molar-refractivity contribution is 5.78. The Balaban J connectivity index is 1.73. The van der Waals surface area contributed by atoms with Crippen LogP contribution in [0.1, 0.15) is 30.0 Å². The smallest absolute Gasteiger partial charge is 0.378 e. The van der Waals surface area contributed by atoms with Crippen molar-refractivity contribution in [3.05, 3.63) is 35.4 Å². The van der Waals surface area contributed by atoms with E-state index in [0.29, 0.717) is 25.7 Å². The van der Waals surface area contributed by atoms with Gasteiger partial charge < -0.3 is 15.4 Å². The fourth-order valence-electron chi connectivity index (χ4n) is 3.95. The van der Waals surface area contributed by atoms with Gasteiger partial charge >= 0.3 is 6.18 Å². The van der Waals surface area contributed by atoms with Gasteiger partial charge in [0.15, 0.2) is 5.96 Å². The number of rotatable bonds is 3. The van der Waals surface area contributed by atoms with E-state index in [4.69, 9.17) is 10.5 Å². The number of guanidine groups is 1. The van der Waals surface area contributed by atoms with Gasteiger partial charge in [0.1, 0.15) is 0 Å². The summed E-state index contributed by atoms with van der Waals surface area (Å²) in [5.41, 5.74) is 6.42. The summed E-state index contributed by atoms with van der Waals surface area (Å²) in [6.07, 6.45) is -2.28. The van der Waals surface area contributed by atoms with Gasteiger partial charge in [0.05, 0.1) is 18.8 Å². The second-order valence-electron chi connectivity index (χ2n) is 7.25. The average Bonchev–Trinajstić information content (AvgIpc) is 2.66. The molecule has 27 heavy (non-hydrogen) atoms. The fraction of sp³-hybridized carbons (Fsp3) is 0.632. The van der Waals surface area contributed by atoms with Gasteiger partial charge in [0, 0.05) is 25.7 Å². The van der Waals surface area contributed by atoms with Crippen LogP contribution in [-0.4, -0.2) is 62.2 Å². The van der Waals surface area contributed by atoms with E-state index in [1.54, 1.807) is 12.1 Å². The van der Waals surface area contributed by atoms with Crippen LogP contribution in [0.25, 0.3) is 0 Å². The molecule has 0 bridgehead atoms. The number of nitrogens with two attached hydrogens (primary N) is 1. The molecule has 150 valence electrons. The normalized spacial score (nSPS) is 25.6. The molecule has 2 saturated heterocycles. The third kappa shape index (κ3) is 4.93. The highest BCUT2D eigenvalue weighted by Gasteiger charge is 2.33. The number of hydrogen-bond acceptors (Lipinski definition) is 3. The number of hydrogen-bond donors (Lipinski definition) is 1. The van der Waals surface area contributed by atoms with E-state index < -0.39 is 11.7 Å². The standard InChI is InChI=1S/C19H27F3N4O/c1-25-8-2-3-15(13-24-18(23)26-9-11-27-12-10-26)17(25)14-4-6-16(7-5-14)19(20,21)22/h4-7,15,17H,2-3,8-13H2,1H3,(H2,23,24). The molecule has 0 aliphatic carbocycles. The number of likely N-dealkylation sites (tertiary alicyclic amines) is 1. The quantitative estimate of drug-likeness (QED) is 0.643. The van der Waals surface area contributed by atoms with Crippen LogP contribution in [0.3, 0.4) is 0 Å². The summed E-state index contributed by atoms with van der Waals surface area (Å²) in [5, 5.41) is 0. The first-order valence-corrected chi connectivity index (χ1v) is 9.36. The van der Waals surface area contributed by atoms with Crippen molar-refractivity contribution in [3.63, 3.8) is 0 Å². The van der Waals surface area contributed by atoms with Crippen molar-refractivity contribution in [1.82, 2.24) is 9.80 Å². The number of nitrogens with zero attached hydrogens (tertiary/aromatic N) is 3. The second kappa shape index (κ2) is 8.48. The Morgan fingerprint density at radius 3 is 2.48 bits per heavy atom. The maximum atomic E-state index is 12.8. The van der Waals surface area contributed by atoms with E-state index in [0.717, 1.165) is 38.0 Å². The number of piperidine rings is 1. The van der Waals surface area contributed by atoms with Crippen LogP contribution >= 0.6 is 0 Å². The Morgan fingerprint density at radius 1 is 1.19 bits per heavy atom. The van der Waals surface area contributed by atoms with Crippen LogP contribution in [0.5, 0.6) is 0 Å². The zero-order valence-corrected chi connectivity index (χ0v) is 15.6. The minimum Gasteiger partial charge on any atom is -0.378 e. The van der Waals surface area contributed by atoms with E-state index in [1.165, 1.54) is 12.1 Å². The predicted octanol–water partition coefficient (Wildman–Crippen LogP) is 2.74. The Morgan fingerprint density at radius 2 is 1.85 bits per heavy atom. The lowest BCUT2D eigenvalue weighted by atomic mass is 9.84. The summed E-state index contributed by atoms with van der Waals surface area (Å²) in [4.78, 5) is 8.82. The van der Waals surface area contributed by atoms with Crippen molar-refractivity contribution in [1.29, 1.82) is 0 Å². The summed E-state index contributed by atoms with van der Waals surface area (Å²) in [7, 11) is 2.02. The maximum absolute atomic E-state index is 12.8. The number of morpholine rings is 1. The zero-order valence-electron chi connectivity index (χ0n) is 15.6. The third-order valence-electron chi connectivity index (χ3n) is 5.41. The largest absolute Gasteiger partial charge is 0.416 e. The lowest BCUT2D eigenvalue weighted by Crippen LogP contribution is -2.45. The number of benzene rings is 1. The summed E-state index contributed by atoms with van der Waals surface area (Å²) in [5.74, 6) is 0.748. The average molecular weight is 384 g/mol. The molecule has 2 atom stereocenters. The zero-order chi connectivity index (χ0) is 19.4. The van der Waals surface area contributed by atoms with Gasteiger partial charge in [-0.1, -0.05) is 12.1 Å². The molecule has 2 unspecified atom stereocenters. The van der Waals surface area contributed by atoms with Crippen LogP contribution < -0.4 is 5.73 Å². The van der Waals surface area contributed by atoms with E-state index in [2.05, 4.69) is 9.89 Å². The monoisotopic (exact) mass is 384 g/mol. The van der Waals surface area contributed by atoms with E-state index in [-0.39, 0.29) is 12.0 Å². The molecule has 1 aromatic carbocycles. The Labute approximate surface area is 158 Å². The summed E-state index contributed by atoms with van der Waals surface area (Å²) in [6.45, 7) is 4.27. The minimum absolute atomic E-state index is 0.0438. The van der Waals surface area contributed by atoms with Crippen molar-refractivity contribution in [2.75, 3.05) is 46.4 Å². The third-order valence-corrected chi connectivity index (χ3v) is 5.41. The lowest BCUT2D eigenvalue weighted by molar-refractivity contribution is -0.137. The molecule has 2 aliphatic rings. The summed E-state index contributed by atoms with van der Waals surface area (Å²) < 4.78 is 43.9. The molecule has 8 heteroatoms. The summed E-state index contributed by atoms with van der Waals surface area (Å²) in [6, 6.07) is 5.57. The Hall–Kier alpha value is -1.80. The number of halogens is 3. The van der Waals surface area contributed by atoms with Crippen molar-refractivity contribution in [3.8, 4) is 0 Å². The lowest BCUT2D eigenvalue weighted by Gasteiger charge is -2.39. The topological polar surface area (TPSA) is 54.1 Å². The first kappa shape index (κ1) is 19.9. The molecular weight excluding hydrogens is 357 g/mol. The van der Waals surface area contributed by atoms with Crippen LogP contribution in [0.4, 0.5) is 13.2 Å². The Bertz CT molecular complexity index is 641. The molecule has 2 fully saturated rings. The first-order valence-electron chi connectivity index (χ1n) is 9.36. The van der Waals surface area contributed by atoms with Crippen LogP contribution in [-0.2, 0) is 10.9 Å². The molecule has 0 saturated carbocycles. The van der Waals surface area contributed by atoms with E-state index in [9.17, 15) is 13.2 Å². The molecule has 0 radical (unpaired) electrons. The van der Waals surface area contributed by atoms with Gasteiger partial charge in [0.25, 0.3) is 0 Å². The molecule has 3 rings (SSSR count). The van der Waals surface area contributed by atoms with Gasteiger partial charge in [-0.3, -0.25) is 9.89 Å². The van der Waals surface area contributed by atoms with E-state index >= 15 is 0 Å². The number of alkyl halides is 3. The highest BCUT2D eigenvalue weighted by atomic mass is 19.4. The van der Waals surface area contributed by atoms with Crippen LogP contribution in [0.15, 0.2) is 29.3 Å². The second-order valence-corrected chi connectivity index (χ2v) is 7.25. The molecule has 2 N–H and O–H groups in total. The van der Waals surface area contributed by atoms with Crippen LogP contribution in [0, 0.1) is 5.92 Å². The minimum atomic E-state index is -4.31. The van der Waals surface area contributed by atoms with Gasteiger partial charge in [-0.15, -0.1) is 0 Å². The van der Waals surface area contributed by atoms with Crippen molar-refractivity contribution < 1.29 is 17.9 Å². The molecule has 2 aliphatic heterocycles. The highest BCUT2D eigenvalue weighted by Crippen LogP contribution is 2.37. The first-order chi connectivity index (χ1) is 12.9. The Kier molecular flexibility index (Phi) is 6.26. The van der Waals surface area contributed by atoms with Gasteiger partial charge in [-0.25, -0.2) is 0 Å². The number of aliphatic imine (C=N–C) groups is 1. The van der Waals surface area contributed by atoms with Crippen molar-refractivity contribution in [2.45, 2.75) is 25.1 Å². The fourth-order valence-corrected chi connectivity index (χ4v) is 3.95. The molecule has 1 aromatic rings. The molecule has 0 amide bonds. The van der Waals surface area contributed by atoms with Gasteiger partial charge in [-0.2, -0.15) is 13.2 Å². The molecular formula is C19H27F3N4O. The SMILES string of the molecule is CN1CCCC(CN=C(N)N2CCOCC2)C1c1ccc(C(F)(F)F)cc1. The maximum Gasteiger partial charge on any atom is 0.416 e. The molecule has 0 spiro atoms.